The number of nitrogens with zero attached hydrogens (tertiary/aromatic N) is 4. The van der Waals surface area contributed by atoms with Gasteiger partial charge in [-0.15, -0.1) is 0 Å². The van der Waals surface area contributed by atoms with E-state index in [0.717, 1.165) is 116 Å². The summed E-state index contributed by atoms with van der Waals surface area (Å²) in [5.41, 5.74) is 0. The number of β-amino-alcohol motifs (C(OH)–C–C–N with tert-alkyl or cyclic N) is 4. The summed E-state index contributed by atoms with van der Waals surface area (Å²) >= 11 is 0. The number of hydrogen-bond donors (Lipinski definition) is 4. The van der Waals surface area contributed by atoms with Gasteiger partial charge in [0.15, 0.2) is 0 Å². The van der Waals surface area contributed by atoms with E-state index in [1.807, 2.05) is 0 Å². The lowest BCUT2D eigenvalue weighted by Crippen LogP contribution is -2.47. The number of carbonyl (C=O) groups excluding carboxylic acids is 3. The zero-order chi connectivity index (χ0) is 73.2. The number of ether oxygens (including phenoxy) is 4. The molecule has 1 aliphatic heterocycles. The van der Waals surface area contributed by atoms with Crippen LogP contribution in [0.1, 0.15) is 349 Å². The van der Waals surface area contributed by atoms with Crippen molar-refractivity contribution in [3.8, 4) is 0 Å². The Hall–Kier alpha value is -2.99. The van der Waals surface area contributed by atoms with Crippen LogP contribution < -0.4 is 0 Å². The maximum Gasteiger partial charge on any atom is 0.305 e. The lowest BCUT2D eigenvalue weighted by molar-refractivity contribution is -0.148. The van der Waals surface area contributed by atoms with Gasteiger partial charge in [-0.2, -0.15) is 0 Å². The third kappa shape index (κ3) is 68.6. The van der Waals surface area contributed by atoms with Crippen molar-refractivity contribution in [3.63, 3.8) is 0 Å². The topological polar surface area (TPSA) is 182 Å². The van der Waals surface area contributed by atoms with E-state index in [1.54, 1.807) is 0 Å². The summed E-state index contributed by atoms with van der Waals surface area (Å²) in [5, 5.41) is 45.9. The van der Waals surface area contributed by atoms with E-state index in [4.69, 9.17) is 18.9 Å². The van der Waals surface area contributed by atoms with Gasteiger partial charge in [-0.1, -0.05) is 237 Å². The fraction of sp³-hybridized carbons (Fsp3) is 0.872. The monoisotopic (exact) mass is 1430 g/mol. The maximum atomic E-state index is 12.9. The molecule has 0 saturated carbocycles. The highest BCUT2D eigenvalue weighted by atomic mass is 16.6. The number of aliphatic hydroxyl groups is 4. The van der Waals surface area contributed by atoms with Crippen molar-refractivity contribution in [1.82, 2.24) is 19.6 Å². The minimum atomic E-state index is -0.908. The molecule has 0 amide bonds. The van der Waals surface area contributed by atoms with Gasteiger partial charge in [-0.3, -0.25) is 34.0 Å². The van der Waals surface area contributed by atoms with E-state index in [2.05, 4.69) is 95.9 Å². The first-order valence-electron chi connectivity index (χ1n) is 42.8. The van der Waals surface area contributed by atoms with Crippen LogP contribution in [-0.4, -0.2) is 194 Å². The van der Waals surface area contributed by atoms with Crippen LogP contribution in [0.3, 0.4) is 0 Å². The molecule has 1 saturated heterocycles. The van der Waals surface area contributed by atoms with Crippen molar-refractivity contribution < 1.29 is 53.8 Å². The fourth-order valence-corrected chi connectivity index (χ4v) is 13.2. The highest BCUT2D eigenvalue weighted by Gasteiger charge is 2.23. The van der Waals surface area contributed by atoms with Crippen molar-refractivity contribution in [2.45, 2.75) is 373 Å². The third-order valence-electron chi connectivity index (χ3n) is 19.6. The van der Waals surface area contributed by atoms with Crippen LogP contribution in [0.25, 0.3) is 0 Å². The third-order valence-corrected chi connectivity index (χ3v) is 19.6. The predicted octanol–water partition coefficient (Wildman–Crippen LogP) is 19.1. The van der Waals surface area contributed by atoms with Crippen LogP contribution >= 0.6 is 0 Å². The molecule has 0 radical (unpaired) electrons. The molecule has 4 unspecified atom stereocenters. The van der Waals surface area contributed by atoms with Gasteiger partial charge in [0.2, 0.25) is 0 Å². The maximum absolute atomic E-state index is 12.9. The van der Waals surface area contributed by atoms with Gasteiger partial charge in [-0.05, 0) is 167 Å². The average molecular weight is 1430 g/mol. The first-order valence-corrected chi connectivity index (χ1v) is 42.8. The van der Waals surface area contributed by atoms with Crippen molar-refractivity contribution in [1.29, 1.82) is 0 Å². The number of hydrogen-bond acceptors (Lipinski definition) is 15. The van der Waals surface area contributed by atoms with Crippen LogP contribution in [0.4, 0.5) is 0 Å². The van der Waals surface area contributed by atoms with E-state index in [0.29, 0.717) is 104 Å². The second-order valence-corrected chi connectivity index (χ2v) is 29.8. The van der Waals surface area contributed by atoms with Gasteiger partial charge >= 0.3 is 17.9 Å². The molecule has 4 N–H and O–H groups in total. The summed E-state index contributed by atoms with van der Waals surface area (Å²) < 4.78 is 23.1. The Labute approximate surface area is 621 Å². The molecule has 1 fully saturated rings. The van der Waals surface area contributed by atoms with Crippen LogP contribution in [0.2, 0.25) is 0 Å². The van der Waals surface area contributed by atoms with Crippen LogP contribution in [-0.2, 0) is 33.3 Å². The van der Waals surface area contributed by atoms with E-state index in [1.165, 1.54) is 180 Å². The highest BCUT2D eigenvalue weighted by molar-refractivity contribution is 5.70. The summed E-state index contributed by atoms with van der Waals surface area (Å²) in [6, 6.07) is 0. The zero-order valence-corrected chi connectivity index (χ0v) is 66.2. The molecule has 0 aliphatic carbocycles. The Morgan fingerprint density at radius 3 is 0.733 bits per heavy atom. The largest absolute Gasteiger partial charge is 0.463 e. The Bertz CT molecular complexity index is 1920. The zero-order valence-electron chi connectivity index (χ0n) is 66.2. The van der Waals surface area contributed by atoms with Crippen LogP contribution in [0.5, 0.6) is 0 Å². The standard InChI is InChI=1S/C86H162N4O11/c1-5-9-13-17-21-25-29-33-37-41-45-49-53-57-71-98-76-80(91)72-87-63-58-64-89(74-82(93)78-100-85(96)61-55-51-47-43-39-35-31-27-23-19-15-11-7-3)69-70-90(75-83(94)79-101-86(97)62-56-52-48-44-40-36-32-28-24-20-16-12-8-4)66-59-65-88(68-67-87)73-81(92)77-99-84(95)60-54-50-46-42-38-34-30-26-22-18-14-10-6-2/h25-32,80-83,91-94H,5-24,33-79H2,1-4H3/b29-25-,30-26-,31-27-,32-28-. The van der Waals surface area contributed by atoms with E-state index >= 15 is 0 Å². The molecular weight excluding hydrogens is 1260 g/mol. The number of carbonyl (C=O) groups is 3. The molecule has 15 nitrogen and oxygen atoms in total. The Morgan fingerprint density at radius 1 is 0.277 bits per heavy atom. The van der Waals surface area contributed by atoms with Gasteiger partial charge in [-0.25, -0.2) is 0 Å². The highest BCUT2D eigenvalue weighted by Crippen LogP contribution is 2.16. The second-order valence-electron chi connectivity index (χ2n) is 29.8. The van der Waals surface area contributed by atoms with Crippen molar-refractivity contribution in [2.75, 3.05) is 112 Å². The summed E-state index contributed by atoms with van der Waals surface area (Å²) in [4.78, 5) is 47.7. The molecule has 4 atom stereocenters. The normalized spacial score (nSPS) is 15.9. The lowest BCUT2D eigenvalue weighted by atomic mass is 10.1. The second kappa shape index (κ2) is 75.3. The van der Waals surface area contributed by atoms with E-state index < -0.39 is 24.4 Å². The molecule has 0 aromatic rings. The number of allylic oxidation sites excluding steroid dienone is 8. The summed E-state index contributed by atoms with van der Waals surface area (Å²) in [6.07, 6.45) is 70.2. The smallest absolute Gasteiger partial charge is 0.305 e. The van der Waals surface area contributed by atoms with Gasteiger partial charge in [0.25, 0.3) is 0 Å². The molecular formula is C86H162N4O11. The molecule has 101 heavy (non-hydrogen) atoms. The molecule has 1 aliphatic rings. The van der Waals surface area contributed by atoms with Gasteiger partial charge in [0, 0.05) is 78.2 Å². The molecule has 1 rings (SSSR count). The summed E-state index contributed by atoms with van der Waals surface area (Å²) in [5.74, 6) is -0.847. The molecule has 0 spiro atoms. The van der Waals surface area contributed by atoms with E-state index in [-0.39, 0.29) is 50.9 Å². The SMILES string of the molecule is CCCCCC/C=C\CCCCCCCCOCC(O)CN1CCCN(CC(O)COC(=O)CCCCCCC/C=C\CCCCCC)CCN(CC(O)COC(=O)CCCCCCC/C=C\CCCCCC)CCCN(CC(O)COC(=O)CCCCCCC/C=C\CCCCCC)CC1. The lowest BCUT2D eigenvalue weighted by Gasteiger charge is -2.34. The first-order chi connectivity index (χ1) is 49.5. The van der Waals surface area contributed by atoms with Crippen molar-refractivity contribution in [3.05, 3.63) is 48.6 Å². The number of unbranched alkanes of at least 4 members (excludes halogenated alkanes) is 37. The number of rotatable bonds is 69. The Kier molecular flexibility index (Phi) is 71.5. The van der Waals surface area contributed by atoms with Gasteiger partial charge in [0.05, 0.1) is 12.7 Å². The van der Waals surface area contributed by atoms with Crippen molar-refractivity contribution >= 4 is 17.9 Å². The predicted molar refractivity (Wildman–Crippen MR) is 424 cm³/mol. The average Bonchev–Trinajstić information content (AvgIpc) is 1.01. The molecule has 1 heterocycles. The van der Waals surface area contributed by atoms with Crippen LogP contribution in [0, 0.1) is 0 Å². The Morgan fingerprint density at radius 2 is 0.485 bits per heavy atom. The van der Waals surface area contributed by atoms with Crippen LogP contribution in [0.15, 0.2) is 48.6 Å². The number of esters is 3. The summed E-state index contributed by atoms with van der Waals surface area (Å²) in [6.45, 7) is 15.8. The first kappa shape index (κ1) is 96.0. The molecule has 592 valence electrons. The molecule has 0 aromatic heterocycles. The summed E-state index contributed by atoms with van der Waals surface area (Å²) in [7, 11) is 0. The van der Waals surface area contributed by atoms with Gasteiger partial charge in [0.1, 0.15) is 38.1 Å². The van der Waals surface area contributed by atoms with Gasteiger partial charge < -0.3 is 39.4 Å². The minimum Gasteiger partial charge on any atom is -0.463 e. The van der Waals surface area contributed by atoms with E-state index in [9.17, 15) is 34.8 Å². The fourth-order valence-electron chi connectivity index (χ4n) is 13.2. The molecule has 0 bridgehead atoms. The molecule has 0 aromatic carbocycles. The minimum absolute atomic E-state index is 0.0797. The van der Waals surface area contributed by atoms with Crippen molar-refractivity contribution in [2.24, 2.45) is 0 Å². The quantitative estimate of drug-likeness (QED) is 0.0195. The number of aliphatic hydroxyl groups excluding tert-OH is 4. The molecule has 15 heteroatoms. The Balaban J connectivity index is 3.06.